The SMILES string of the molecule is C[C@H]1C[C@@H](NC(=O)CO)CN(c2ccc(C#N)c3nccnc23)C1. The van der Waals surface area contributed by atoms with Crippen molar-refractivity contribution in [3.8, 4) is 6.07 Å². The van der Waals surface area contributed by atoms with Crippen LogP contribution in [0.4, 0.5) is 5.69 Å². The summed E-state index contributed by atoms with van der Waals surface area (Å²) in [6.45, 7) is 3.09. The zero-order chi connectivity index (χ0) is 17.1. The first kappa shape index (κ1) is 16.1. The van der Waals surface area contributed by atoms with Gasteiger partial charge in [-0.25, -0.2) is 0 Å². The summed E-state index contributed by atoms with van der Waals surface area (Å²) in [5.41, 5.74) is 2.69. The lowest BCUT2D eigenvalue weighted by molar-refractivity contribution is -0.124. The average Bonchev–Trinajstić information content (AvgIpc) is 2.60. The number of benzene rings is 1. The predicted molar refractivity (Wildman–Crippen MR) is 89.3 cm³/mol. The van der Waals surface area contributed by atoms with Crippen molar-refractivity contribution >= 4 is 22.6 Å². The standard InChI is InChI=1S/C17H19N5O2/c1-11-6-13(21-15(24)10-23)9-22(8-11)14-3-2-12(7-18)16-17(14)20-5-4-19-16/h2-5,11,13,23H,6,8-10H2,1H3,(H,21,24)/t11-,13+/m0/s1. The van der Waals surface area contributed by atoms with E-state index in [4.69, 9.17) is 5.11 Å². The second-order valence-corrected chi connectivity index (χ2v) is 6.17. The number of nitrogens with zero attached hydrogens (tertiary/aromatic N) is 4. The molecule has 2 heterocycles. The Balaban J connectivity index is 1.95. The Morgan fingerprint density at radius 2 is 2.12 bits per heavy atom. The fourth-order valence-corrected chi connectivity index (χ4v) is 3.31. The Morgan fingerprint density at radius 3 is 2.83 bits per heavy atom. The van der Waals surface area contributed by atoms with Crippen LogP contribution < -0.4 is 10.2 Å². The van der Waals surface area contributed by atoms with Crippen LogP contribution in [0.15, 0.2) is 24.5 Å². The molecule has 2 N–H and O–H groups in total. The summed E-state index contributed by atoms with van der Waals surface area (Å²) in [4.78, 5) is 22.4. The third kappa shape index (κ3) is 3.14. The second kappa shape index (κ2) is 6.81. The number of carbonyl (C=O) groups excluding carboxylic acids is 1. The normalized spacial score (nSPS) is 20.6. The first-order valence-electron chi connectivity index (χ1n) is 7.91. The van der Waals surface area contributed by atoms with Gasteiger partial charge in [-0.1, -0.05) is 6.92 Å². The lowest BCUT2D eigenvalue weighted by Crippen LogP contribution is -2.51. The summed E-state index contributed by atoms with van der Waals surface area (Å²) in [5, 5.41) is 21.0. The monoisotopic (exact) mass is 325 g/mol. The largest absolute Gasteiger partial charge is 0.387 e. The Bertz CT molecular complexity index is 801. The Kier molecular flexibility index (Phi) is 4.58. The first-order valence-corrected chi connectivity index (χ1v) is 7.91. The smallest absolute Gasteiger partial charge is 0.245 e. The van der Waals surface area contributed by atoms with Crippen molar-refractivity contribution in [3.63, 3.8) is 0 Å². The van der Waals surface area contributed by atoms with Gasteiger partial charge in [0.2, 0.25) is 5.91 Å². The van der Waals surface area contributed by atoms with Gasteiger partial charge in [0.25, 0.3) is 0 Å². The van der Waals surface area contributed by atoms with E-state index >= 15 is 0 Å². The van der Waals surface area contributed by atoms with Crippen LogP contribution in [0.2, 0.25) is 0 Å². The molecule has 1 aromatic carbocycles. The number of amides is 1. The van der Waals surface area contributed by atoms with E-state index in [0.717, 1.165) is 18.7 Å². The van der Waals surface area contributed by atoms with Crippen LogP contribution in [-0.4, -0.2) is 46.7 Å². The number of aliphatic hydroxyl groups excluding tert-OH is 1. The molecule has 1 fully saturated rings. The van der Waals surface area contributed by atoms with Gasteiger partial charge in [0.05, 0.1) is 11.3 Å². The topological polar surface area (TPSA) is 102 Å². The molecule has 7 heteroatoms. The van der Waals surface area contributed by atoms with E-state index in [1.165, 1.54) is 0 Å². The van der Waals surface area contributed by atoms with Crippen LogP contribution in [0.25, 0.3) is 11.0 Å². The number of piperidine rings is 1. The van der Waals surface area contributed by atoms with E-state index in [2.05, 4.69) is 33.2 Å². The molecular weight excluding hydrogens is 306 g/mol. The molecule has 0 unspecified atom stereocenters. The van der Waals surface area contributed by atoms with Crippen LogP contribution in [0.5, 0.6) is 0 Å². The molecule has 1 aromatic heterocycles. The van der Waals surface area contributed by atoms with E-state index in [1.54, 1.807) is 18.5 Å². The minimum atomic E-state index is -0.504. The van der Waals surface area contributed by atoms with Crippen molar-refractivity contribution < 1.29 is 9.90 Å². The molecule has 1 aliphatic rings. The number of aliphatic hydroxyl groups is 1. The van der Waals surface area contributed by atoms with Gasteiger partial charge >= 0.3 is 0 Å². The van der Waals surface area contributed by atoms with Crippen molar-refractivity contribution in [3.05, 3.63) is 30.1 Å². The minimum absolute atomic E-state index is 0.0317. The number of anilines is 1. The molecule has 0 spiro atoms. The van der Waals surface area contributed by atoms with Gasteiger partial charge in [-0.05, 0) is 24.5 Å². The van der Waals surface area contributed by atoms with Crippen molar-refractivity contribution in [2.45, 2.75) is 19.4 Å². The number of fused-ring (bicyclic) bond motifs is 1. The molecule has 0 bridgehead atoms. The fourth-order valence-electron chi connectivity index (χ4n) is 3.31. The summed E-state index contributed by atoms with van der Waals surface area (Å²) < 4.78 is 0. The summed E-state index contributed by atoms with van der Waals surface area (Å²) in [7, 11) is 0. The molecule has 1 aliphatic heterocycles. The van der Waals surface area contributed by atoms with Gasteiger partial charge in [-0.2, -0.15) is 5.26 Å². The molecule has 7 nitrogen and oxygen atoms in total. The second-order valence-electron chi connectivity index (χ2n) is 6.17. The molecule has 0 saturated carbocycles. The molecule has 2 aromatic rings. The van der Waals surface area contributed by atoms with Crippen LogP contribution in [0, 0.1) is 17.2 Å². The highest BCUT2D eigenvalue weighted by Crippen LogP contribution is 2.29. The van der Waals surface area contributed by atoms with Crippen molar-refractivity contribution in [2.75, 3.05) is 24.6 Å². The molecule has 0 aliphatic carbocycles. The molecule has 124 valence electrons. The minimum Gasteiger partial charge on any atom is -0.387 e. The zero-order valence-corrected chi connectivity index (χ0v) is 13.4. The van der Waals surface area contributed by atoms with E-state index in [9.17, 15) is 10.1 Å². The molecule has 1 saturated heterocycles. The summed E-state index contributed by atoms with van der Waals surface area (Å²) in [5.74, 6) is 0.0173. The number of aromatic nitrogens is 2. The highest BCUT2D eigenvalue weighted by Gasteiger charge is 2.27. The van der Waals surface area contributed by atoms with Crippen LogP contribution in [0.3, 0.4) is 0 Å². The van der Waals surface area contributed by atoms with E-state index in [1.807, 2.05) is 6.07 Å². The Hall–Kier alpha value is -2.72. The van der Waals surface area contributed by atoms with Gasteiger partial charge in [0.15, 0.2) is 0 Å². The van der Waals surface area contributed by atoms with Gasteiger partial charge < -0.3 is 15.3 Å². The lowest BCUT2D eigenvalue weighted by Gasteiger charge is -2.38. The van der Waals surface area contributed by atoms with Gasteiger partial charge in [0, 0.05) is 31.5 Å². The Labute approximate surface area is 139 Å². The van der Waals surface area contributed by atoms with Crippen molar-refractivity contribution in [2.24, 2.45) is 5.92 Å². The number of hydrogen-bond donors (Lipinski definition) is 2. The van der Waals surface area contributed by atoms with E-state index < -0.39 is 6.61 Å². The zero-order valence-electron chi connectivity index (χ0n) is 13.4. The van der Waals surface area contributed by atoms with Crippen LogP contribution in [0.1, 0.15) is 18.9 Å². The third-order valence-corrected chi connectivity index (χ3v) is 4.23. The first-order chi connectivity index (χ1) is 11.6. The average molecular weight is 325 g/mol. The summed E-state index contributed by atoms with van der Waals surface area (Å²) >= 11 is 0. The fraction of sp³-hybridized carbons (Fsp3) is 0.412. The number of nitrogens with one attached hydrogen (secondary N) is 1. The summed E-state index contributed by atoms with van der Waals surface area (Å²) in [6, 6.07) is 5.76. The maximum absolute atomic E-state index is 11.5. The Morgan fingerprint density at radius 1 is 1.38 bits per heavy atom. The lowest BCUT2D eigenvalue weighted by atomic mass is 9.95. The molecule has 0 radical (unpaired) electrons. The molecule has 2 atom stereocenters. The molecule has 24 heavy (non-hydrogen) atoms. The number of nitriles is 1. The maximum Gasteiger partial charge on any atom is 0.245 e. The molecular formula is C17H19N5O2. The van der Waals surface area contributed by atoms with Gasteiger partial charge in [0.1, 0.15) is 23.7 Å². The van der Waals surface area contributed by atoms with Gasteiger partial charge in [-0.3, -0.25) is 14.8 Å². The van der Waals surface area contributed by atoms with Crippen LogP contribution >= 0.6 is 0 Å². The quantitative estimate of drug-likeness (QED) is 0.866. The molecule has 1 amide bonds. The maximum atomic E-state index is 11.5. The number of carbonyl (C=O) groups is 1. The number of hydrogen-bond acceptors (Lipinski definition) is 6. The van der Waals surface area contributed by atoms with Crippen molar-refractivity contribution in [1.82, 2.24) is 15.3 Å². The number of rotatable bonds is 3. The highest BCUT2D eigenvalue weighted by molar-refractivity contribution is 5.92. The van der Waals surface area contributed by atoms with Gasteiger partial charge in [-0.15, -0.1) is 0 Å². The van der Waals surface area contributed by atoms with Crippen molar-refractivity contribution in [1.29, 1.82) is 5.26 Å². The van der Waals surface area contributed by atoms with E-state index in [-0.39, 0.29) is 11.9 Å². The molecule has 3 rings (SSSR count). The van der Waals surface area contributed by atoms with E-state index in [0.29, 0.717) is 29.1 Å². The predicted octanol–water partition coefficient (Wildman–Crippen LogP) is 0.825. The van der Waals surface area contributed by atoms with Crippen LogP contribution in [-0.2, 0) is 4.79 Å². The third-order valence-electron chi connectivity index (χ3n) is 4.23. The summed E-state index contributed by atoms with van der Waals surface area (Å²) in [6.07, 6.45) is 4.06. The highest BCUT2D eigenvalue weighted by atomic mass is 16.3.